The first-order valence-electron chi connectivity index (χ1n) is 6.13. The lowest BCUT2D eigenvalue weighted by atomic mass is 10.2. The number of rotatable bonds is 4. The monoisotopic (exact) mass is 335 g/mol. The minimum atomic E-state index is -0.966. The van der Waals surface area contributed by atoms with E-state index in [9.17, 15) is 4.79 Å². The molecule has 0 saturated carbocycles. The van der Waals surface area contributed by atoms with E-state index in [1.54, 1.807) is 35.2 Å². The van der Waals surface area contributed by atoms with E-state index in [0.717, 1.165) is 26.1 Å². The van der Waals surface area contributed by atoms with Crippen molar-refractivity contribution in [2.24, 2.45) is 0 Å². The number of carbonyl (C=O) groups is 1. The SMILES string of the molecule is O=C(O)c1ccc(SCc2sc3ccccc3c2Cl)nc1. The molecule has 2 aromatic heterocycles. The summed E-state index contributed by atoms with van der Waals surface area (Å²) < 4.78 is 1.17. The summed E-state index contributed by atoms with van der Waals surface area (Å²) in [7, 11) is 0. The fourth-order valence-electron chi connectivity index (χ4n) is 1.89. The Bertz CT molecular complexity index is 799. The molecule has 1 aromatic carbocycles. The van der Waals surface area contributed by atoms with E-state index in [1.807, 2.05) is 18.2 Å². The van der Waals surface area contributed by atoms with E-state index >= 15 is 0 Å². The molecule has 3 aromatic rings. The third kappa shape index (κ3) is 3.05. The van der Waals surface area contributed by atoms with Crippen LogP contribution in [0.3, 0.4) is 0 Å². The molecule has 0 bridgehead atoms. The summed E-state index contributed by atoms with van der Waals surface area (Å²) in [6.07, 6.45) is 1.37. The number of thiophene rings is 1. The van der Waals surface area contributed by atoms with Crippen molar-refractivity contribution in [3.63, 3.8) is 0 Å². The summed E-state index contributed by atoms with van der Waals surface area (Å²) in [6, 6.07) is 11.3. The van der Waals surface area contributed by atoms with E-state index in [1.165, 1.54) is 10.9 Å². The van der Waals surface area contributed by atoms with Gasteiger partial charge in [-0.25, -0.2) is 9.78 Å². The van der Waals surface area contributed by atoms with Gasteiger partial charge in [0.05, 0.1) is 15.6 Å². The van der Waals surface area contributed by atoms with E-state index in [0.29, 0.717) is 0 Å². The number of nitrogens with zero attached hydrogens (tertiary/aromatic N) is 1. The molecule has 21 heavy (non-hydrogen) atoms. The number of aromatic nitrogens is 1. The van der Waals surface area contributed by atoms with Crippen LogP contribution in [0.2, 0.25) is 5.02 Å². The number of hydrogen-bond donors (Lipinski definition) is 1. The second-order valence-corrected chi connectivity index (χ2v) is 6.82. The van der Waals surface area contributed by atoms with Crippen LogP contribution in [0.1, 0.15) is 15.2 Å². The Hall–Kier alpha value is -1.56. The summed E-state index contributed by atoms with van der Waals surface area (Å²) in [6.45, 7) is 0. The molecule has 0 aliphatic heterocycles. The van der Waals surface area contributed by atoms with E-state index in [4.69, 9.17) is 16.7 Å². The third-order valence-corrected chi connectivity index (χ3v) is 5.80. The smallest absolute Gasteiger partial charge is 0.337 e. The average Bonchev–Trinajstić information content (AvgIpc) is 2.82. The highest BCUT2D eigenvalue weighted by Crippen LogP contribution is 2.38. The van der Waals surface area contributed by atoms with Gasteiger partial charge in [0.15, 0.2) is 0 Å². The Balaban J connectivity index is 1.77. The molecule has 3 nitrogen and oxygen atoms in total. The summed E-state index contributed by atoms with van der Waals surface area (Å²) in [5, 5.41) is 11.5. The summed E-state index contributed by atoms with van der Waals surface area (Å²) >= 11 is 9.61. The molecule has 0 atom stereocenters. The highest BCUT2D eigenvalue weighted by atomic mass is 35.5. The molecule has 6 heteroatoms. The number of pyridine rings is 1. The lowest BCUT2D eigenvalue weighted by Gasteiger charge is -2.00. The second-order valence-electron chi connectivity index (χ2n) is 4.31. The molecule has 1 N–H and O–H groups in total. The van der Waals surface area contributed by atoms with Crippen molar-refractivity contribution < 1.29 is 9.90 Å². The summed E-state index contributed by atoms with van der Waals surface area (Å²) in [5.41, 5.74) is 0.194. The number of thioether (sulfide) groups is 1. The van der Waals surface area contributed by atoms with Crippen molar-refractivity contribution in [3.05, 3.63) is 58.1 Å². The molecule has 0 spiro atoms. The number of carboxylic acids is 1. The van der Waals surface area contributed by atoms with Gasteiger partial charge in [-0.05, 0) is 18.2 Å². The van der Waals surface area contributed by atoms with Crippen molar-refractivity contribution in [3.8, 4) is 0 Å². The van der Waals surface area contributed by atoms with Gasteiger partial charge in [-0.2, -0.15) is 0 Å². The number of aromatic carboxylic acids is 1. The Kier molecular flexibility index (Phi) is 4.14. The van der Waals surface area contributed by atoms with Crippen LogP contribution in [0.15, 0.2) is 47.6 Å². The van der Waals surface area contributed by atoms with Gasteiger partial charge < -0.3 is 5.11 Å². The van der Waals surface area contributed by atoms with Crippen LogP contribution in [0.4, 0.5) is 0 Å². The normalized spacial score (nSPS) is 10.9. The lowest BCUT2D eigenvalue weighted by Crippen LogP contribution is -1.96. The van der Waals surface area contributed by atoms with Gasteiger partial charge >= 0.3 is 5.97 Å². The maximum Gasteiger partial charge on any atom is 0.337 e. The van der Waals surface area contributed by atoms with Crippen molar-refractivity contribution in [1.29, 1.82) is 0 Å². The fourth-order valence-corrected chi connectivity index (χ4v) is 4.39. The van der Waals surface area contributed by atoms with E-state index < -0.39 is 5.97 Å². The van der Waals surface area contributed by atoms with Gasteiger partial charge in [-0.1, -0.05) is 29.8 Å². The van der Waals surface area contributed by atoms with Crippen LogP contribution in [0.25, 0.3) is 10.1 Å². The number of benzene rings is 1. The number of halogens is 1. The Morgan fingerprint density at radius 2 is 2.10 bits per heavy atom. The first-order valence-corrected chi connectivity index (χ1v) is 8.31. The molecular formula is C15H10ClNO2S2. The minimum absolute atomic E-state index is 0.194. The average molecular weight is 336 g/mol. The molecule has 3 rings (SSSR count). The summed E-state index contributed by atoms with van der Waals surface area (Å²) in [5.74, 6) is -0.246. The topological polar surface area (TPSA) is 50.2 Å². The van der Waals surface area contributed by atoms with Crippen molar-refractivity contribution in [1.82, 2.24) is 4.98 Å². The van der Waals surface area contributed by atoms with E-state index in [2.05, 4.69) is 11.1 Å². The van der Waals surface area contributed by atoms with Gasteiger partial charge in [-0.3, -0.25) is 0 Å². The van der Waals surface area contributed by atoms with Gasteiger partial charge in [0.25, 0.3) is 0 Å². The molecule has 0 radical (unpaired) electrons. The standard InChI is InChI=1S/C15H10ClNO2S2/c16-14-10-3-1-2-4-11(10)21-12(14)8-20-13-6-5-9(7-17-13)15(18)19/h1-7H,8H2,(H,18,19). The molecule has 0 aliphatic rings. The molecule has 106 valence electrons. The third-order valence-electron chi connectivity index (χ3n) is 2.94. The molecule has 0 fully saturated rings. The fraction of sp³-hybridized carbons (Fsp3) is 0.0667. The van der Waals surface area contributed by atoms with E-state index in [-0.39, 0.29) is 5.56 Å². The first kappa shape index (κ1) is 14.4. The predicted molar refractivity (Wildman–Crippen MR) is 87.6 cm³/mol. The molecule has 2 heterocycles. The highest BCUT2D eigenvalue weighted by Gasteiger charge is 2.10. The van der Waals surface area contributed by atoms with Crippen LogP contribution in [0.5, 0.6) is 0 Å². The number of fused-ring (bicyclic) bond motifs is 1. The molecule has 0 saturated heterocycles. The first-order chi connectivity index (χ1) is 10.1. The number of hydrogen-bond acceptors (Lipinski definition) is 4. The zero-order valence-corrected chi connectivity index (χ0v) is 13.1. The van der Waals surface area contributed by atoms with Crippen LogP contribution in [-0.4, -0.2) is 16.1 Å². The zero-order chi connectivity index (χ0) is 14.8. The lowest BCUT2D eigenvalue weighted by molar-refractivity contribution is 0.0696. The van der Waals surface area contributed by atoms with Crippen molar-refractivity contribution in [2.75, 3.05) is 0 Å². The van der Waals surface area contributed by atoms with Crippen molar-refractivity contribution in [2.45, 2.75) is 10.8 Å². The van der Waals surface area contributed by atoms with Gasteiger partial charge in [-0.15, -0.1) is 23.1 Å². The molecule has 0 unspecified atom stereocenters. The van der Waals surface area contributed by atoms with Gasteiger partial charge in [0.2, 0.25) is 0 Å². The minimum Gasteiger partial charge on any atom is -0.478 e. The Morgan fingerprint density at radius 3 is 2.76 bits per heavy atom. The second kappa shape index (κ2) is 6.05. The van der Waals surface area contributed by atoms with Crippen LogP contribution < -0.4 is 0 Å². The van der Waals surface area contributed by atoms with Gasteiger partial charge in [0.1, 0.15) is 0 Å². The maximum absolute atomic E-state index is 10.8. The van der Waals surface area contributed by atoms with Gasteiger partial charge in [0, 0.05) is 26.9 Å². The predicted octanol–water partition coefficient (Wildman–Crippen LogP) is 4.94. The van der Waals surface area contributed by atoms with Crippen LogP contribution >= 0.6 is 34.7 Å². The zero-order valence-electron chi connectivity index (χ0n) is 10.7. The van der Waals surface area contributed by atoms with Crippen molar-refractivity contribution >= 4 is 50.8 Å². The van der Waals surface area contributed by atoms with Crippen LogP contribution in [-0.2, 0) is 5.75 Å². The molecule has 0 amide bonds. The molecular weight excluding hydrogens is 326 g/mol. The Morgan fingerprint density at radius 1 is 1.29 bits per heavy atom. The molecule has 0 aliphatic carbocycles. The highest BCUT2D eigenvalue weighted by molar-refractivity contribution is 7.98. The Labute approximate surface area is 134 Å². The quantitative estimate of drug-likeness (QED) is 0.686. The van der Waals surface area contributed by atoms with Crippen LogP contribution in [0, 0.1) is 0 Å². The number of carboxylic acid groups (broad SMARTS) is 1. The summed E-state index contributed by atoms with van der Waals surface area (Å²) in [4.78, 5) is 16.0. The largest absolute Gasteiger partial charge is 0.478 e. The maximum atomic E-state index is 10.8.